The molecule has 1 aromatic carbocycles. The SMILES string of the molecule is CN(CCCC(F)(F)F)Cc1ccccc1CN. The van der Waals surface area contributed by atoms with Crippen molar-refractivity contribution in [2.24, 2.45) is 5.73 Å². The molecule has 0 amide bonds. The van der Waals surface area contributed by atoms with E-state index in [0.29, 0.717) is 19.6 Å². The minimum Gasteiger partial charge on any atom is -0.326 e. The van der Waals surface area contributed by atoms with E-state index in [4.69, 9.17) is 5.73 Å². The standard InChI is InChI=1S/C13H19F3N2/c1-18(8-4-7-13(14,15)16)10-12-6-3-2-5-11(12)9-17/h2-3,5-6H,4,7-10,17H2,1H3. The molecular weight excluding hydrogens is 241 g/mol. The summed E-state index contributed by atoms with van der Waals surface area (Å²) >= 11 is 0. The number of halogens is 3. The first kappa shape index (κ1) is 15.0. The van der Waals surface area contributed by atoms with Crippen molar-refractivity contribution in [2.75, 3.05) is 13.6 Å². The van der Waals surface area contributed by atoms with E-state index >= 15 is 0 Å². The van der Waals surface area contributed by atoms with Crippen molar-refractivity contribution in [1.82, 2.24) is 4.90 Å². The van der Waals surface area contributed by atoms with Gasteiger partial charge in [0, 0.05) is 19.5 Å². The van der Waals surface area contributed by atoms with E-state index in [1.54, 1.807) is 0 Å². The summed E-state index contributed by atoms with van der Waals surface area (Å²) in [6.45, 7) is 1.51. The van der Waals surface area contributed by atoms with Gasteiger partial charge in [0.15, 0.2) is 0 Å². The third-order valence-electron chi connectivity index (χ3n) is 2.78. The Morgan fingerprint density at radius 3 is 2.33 bits per heavy atom. The number of hydrogen-bond acceptors (Lipinski definition) is 2. The topological polar surface area (TPSA) is 29.3 Å². The lowest BCUT2D eigenvalue weighted by Gasteiger charge is -2.18. The molecule has 1 rings (SSSR count). The first-order chi connectivity index (χ1) is 8.42. The van der Waals surface area contributed by atoms with Gasteiger partial charge in [-0.15, -0.1) is 0 Å². The van der Waals surface area contributed by atoms with Crippen LogP contribution >= 0.6 is 0 Å². The Labute approximate surface area is 106 Å². The Morgan fingerprint density at radius 2 is 1.78 bits per heavy atom. The molecule has 0 atom stereocenters. The van der Waals surface area contributed by atoms with Crippen LogP contribution in [0.1, 0.15) is 24.0 Å². The quantitative estimate of drug-likeness (QED) is 0.852. The highest BCUT2D eigenvalue weighted by molar-refractivity contribution is 5.26. The van der Waals surface area contributed by atoms with Crippen molar-refractivity contribution < 1.29 is 13.2 Å². The number of nitrogens with zero attached hydrogens (tertiary/aromatic N) is 1. The fourth-order valence-corrected chi connectivity index (χ4v) is 1.83. The molecule has 0 spiro atoms. The van der Waals surface area contributed by atoms with Gasteiger partial charge in [-0.05, 0) is 31.1 Å². The zero-order valence-electron chi connectivity index (χ0n) is 10.5. The van der Waals surface area contributed by atoms with Crippen LogP contribution in [0.2, 0.25) is 0 Å². The molecule has 5 heteroatoms. The van der Waals surface area contributed by atoms with Crippen LogP contribution in [0, 0.1) is 0 Å². The molecule has 0 fully saturated rings. The molecule has 18 heavy (non-hydrogen) atoms. The van der Waals surface area contributed by atoms with Crippen LogP contribution in [0.5, 0.6) is 0 Å². The predicted molar refractivity (Wildman–Crippen MR) is 66.0 cm³/mol. The number of alkyl halides is 3. The summed E-state index contributed by atoms with van der Waals surface area (Å²) in [5.74, 6) is 0. The van der Waals surface area contributed by atoms with Crippen LogP contribution in [0.3, 0.4) is 0 Å². The minimum atomic E-state index is -4.06. The molecule has 0 radical (unpaired) electrons. The van der Waals surface area contributed by atoms with Gasteiger partial charge in [-0.25, -0.2) is 0 Å². The van der Waals surface area contributed by atoms with Crippen LogP contribution in [0.15, 0.2) is 24.3 Å². The van der Waals surface area contributed by atoms with Gasteiger partial charge in [-0.3, -0.25) is 0 Å². The van der Waals surface area contributed by atoms with Crippen molar-refractivity contribution in [3.05, 3.63) is 35.4 Å². The number of benzene rings is 1. The van der Waals surface area contributed by atoms with Crippen molar-refractivity contribution in [2.45, 2.75) is 32.1 Å². The van der Waals surface area contributed by atoms with Crippen molar-refractivity contribution in [3.63, 3.8) is 0 Å². The molecule has 0 aromatic heterocycles. The fourth-order valence-electron chi connectivity index (χ4n) is 1.83. The lowest BCUT2D eigenvalue weighted by atomic mass is 10.1. The van der Waals surface area contributed by atoms with Crippen LogP contribution < -0.4 is 5.73 Å². The van der Waals surface area contributed by atoms with E-state index in [1.165, 1.54) is 0 Å². The monoisotopic (exact) mass is 260 g/mol. The van der Waals surface area contributed by atoms with Gasteiger partial charge < -0.3 is 10.6 Å². The first-order valence-corrected chi connectivity index (χ1v) is 5.94. The molecule has 0 aliphatic rings. The second kappa shape index (κ2) is 6.75. The molecular formula is C13H19F3N2. The summed E-state index contributed by atoms with van der Waals surface area (Å²) in [7, 11) is 1.82. The second-order valence-electron chi connectivity index (χ2n) is 4.43. The van der Waals surface area contributed by atoms with Crippen LogP contribution in [-0.4, -0.2) is 24.7 Å². The van der Waals surface area contributed by atoms with E-state index in [9.17, 15) is 13.2 Å². The summed E-state index contributed by atoms with van der Waals surface area (Å²) in [6, 6.07) is 7.73. The van der Waals surface area contributed by atoms with Crippen molar-refractivity contribution >= 4 is 0 Å². The molecule has 0 heterocycles. The van der Waals surface area contributed by atoms with E-state index < -0.39 is 12.6 Å². The zero-order valence-corrected chi connectivity index (χ0v) is 10.5. The molecule has 2 nitrogen and oxygen atoms in total. The Kier molecular flexibility index (Phi) is 5.62. The van der Waals surface area contributed by atoms with Crippen molar-refractivity contribution in [1.29, 1.82) is 0 Å². The maximum absolute atomic E-state index is 12.0. The highest BCUT2D eigenvalue weighted by Gasteiger charge is 2.26. The van der Waals surface area contributed by atoms with Crippen molar-refractivity contribution in [3.8, 4) is 0 Å². The summed E-state index contributed by atoms with van der Waals surface area (Å²) in [5, 5.41) is 0. The van der Waals surface area contributed by atoms with Gasteiger partial charge in [-0.1, -0.05) is 24.3 Å². The number of nitrogens with two attached hydrogens (primary N) is 1. The molecule has 0 bridgehead atoms. The second-order valence-corrected chi connectivity index (χ2v) is 4.43. The summed E-state index contributed by atoms with van der Waals surface area (Å²) in [6.07, 6.45) is -4.66. The zero-order chi connectivity index (χ0) is 13.6. The van der Waals surface area contributed by atoms with Crippen LogP contribution in [0.25, 0.3) is 0 Å². The fraction of sp³-hybridized carbons (Fsp3) is 0.538. The summed E-state index contributed by atoms with van der Waals surface area (Å²) in [4.78, 5) is 1.89. The van der Waals surface area contributed by atoms with Gasteiger partial charge in [-0.2, -0.15) is 13.2 Å². The van der Waals surface area contributed by atoms with Crippen LogP contribution in [0.4, 0.5) is 13.2 Å². The summed E-state index contributed by atoms with van der Waals surface area (Å²) in [5.41, 5.74) is 7.74. The normalized spacial score (nSPS) is 12.1. The highest BCUT2D eigenvalue weighted by atomic mass is 19.4. The lowest BCUT2D eigenvalue weighted by molar-refractivity contribution is -0.136. The van der Waals surface area contributed by atoms with Gasteiger partial charge in [0.1, 0.15) is 0 Å². The van der Waals surface area contributed by atoms with Gasteiger partial charge >= 0.3 is 6.18 Å². The smallest absolute Gasteiger partial charge is 0.326 e. The first-order valence-electron chi connectivity index (χ1n) is 5.94. The Bertz CT molecular complexity index is 363. The average molecular weight is 260 g/mol. The highest BCUT2D eigenvalue weighted by Crippen LogP contribution is 2.21. The van der Waals surface area contributed by atoms with E-state index in [1.807, 2.05) is 36.2 Å². The molecule has 0 aliphatic heterocycles. The molecule has 2 N–H and O–H groups in total. The predicted octanol–water partition coefficient (Wildman–Crippen LogP) is 2.92. The Balaban J connectivity index is 2.42. The number of hydrogen-bond donors (Lipinski definition) is 1. The maximum atomic E-state index is 12.0. The van der Waals surface area contributed by atoms with Gasteiger partial charge in [0.05, 0.1) is 0 Å². The van der Waals surface area contributed by atoms with E-state index in [-0.39, 0.29) is 6.42 Å². The molecule has 0 unspecified atom stereocenters. The lowest BCUT2D eigenvalue weighted by Crippen LogP contribution is -2.22. The largest absolute Gasteiger partial charge is 0.389 e. The molecule has 0 saturated heterocycles. The Hall–Kier alpha value is -1.07. The molecule has 0 saturated carbocycles. The number of rotatable bonds is 6. The average Bonchev–Trinajstić information content (AvgIpc) is 2.28. The molecule has 102 valence electrons. The third-order valence-corrected chi connectivity index (χ3v) is 2.78. The summed E-state index contributed by atoms with van der Waals surface area (Å²) < 4.78 is 36.0. The third kappa shape index (κ3) is 5.51. The van der Waals surface area contributed by atoms with E-state index in [2.05, 4.69) is 0 Å². The van der Waals surface area contributed by atoms with Crippen LogP contribution in [-0.2, 0) is 13.1 Å². The molecule has 0 aliphatic carbocycles. The Morgan fingerprint density at radius 1 is 1.17 bits per heavy atom. The van der Waals surface area contributed by atoms with Gasteiger partial charge in [0.2, 0.25) is 0 Å². The molecule has 1 aromatic rings. The van der Waals surface area contributed by atoms with E-state index in [0.717, 1.165) is 11.1 Å². The van der Waals surface area contributed by atoms with Gasteiger partial charge in [0.25, 0.3) is 0 Å². The maximum Gasteiger partial charge on any atom is 0.389 e. The minimum absolute atomic E-state index is 0.130.